The van der Waals surface area contributed by atoms with Gasteiger partial charge in [0, 0.05) is 5.92 Å². The molecule has 0 aromatic carbocycles. The summed E-state index contributed by atoms with van der Waals surface area (Å²) in [6.07, 6.45) is 0.749. The van der Waals surface area contributed by atoms with Gasteiger partial charge in [-0.15, -0.1) is 6.58 Å². The summed E-state index contributed by atoms with van der Waals surface area (Å²) in [6.45, 7) is 5.34. The van der Waals surface area contributed by atoms with Gasteiger partial charge < -0.3 is 14.6 Å². The molecule has 14 heavy (non-hydrogen) atoms. The number of carbonyl (C=O) groups is 1. The van der Waals surface area contributed by atoms with Gasteiger partial charge in [0.05, 0.1) is 13.2 Å². The van der Waals surface area contributed by atoms with Crippen LogP contribution in [0.15, 0.2) is 12.7 Å². The first-order chi connectivity index (χ1) is 6.70. The van der Waals surface area contributed by atoms with E-state index in [4.69, 9.17) is 4.74 Å². The lowest BCUT2D eigenvalue weighted by atomic mass is 10.4. The van der Waals surface area contributed by atoms with E-state index in [1.807, 2.05) is 0 Å². The number of hydrogen-bond donors (Lipinski definition) is 1. The van der Waals surface area contributed by atoms with Crippen molar-refractivity contribution in [1.29, 1.82) is 0 Å². The minimum atomic E-state index is -0.822. The maximum Gasteiger partial charge on any atom is 0.384 e. The van der Waals surface area contributed by atoms with Crippen LogP contribution >= 0.6 is 0 Å². The van der Waals surface area contributed by atoms with Crippen LogP contribution < -0.4 is 0 Å². The molecular weight excluding hydrogens is 184 g/mol. The molecule has 0 aliphatic carbocycles. The summed E-state index contributed by atoms with van der Waals surface area (Å²) in [6, 6.07) is 0. The minimum absolute atomic E-state index is 0.106. The Bertz CT molecular complexity index is 236. The second kappa shape index (κ2) is 8.30. The molecule has 0 radical (unpaired) electrons. The number of hydrogen-bond acceptors (Lipinski definition) is 4. The Morgan fingerprint density at radius 3 is 2.93 bits per heavy atom. The second-order valence-electron chi connectivity index (χ2n) is 2.45. The van der Waals surface area contributed by atoms with E-state index in [1.165, 1.54) is 6.92 Å². The Hall–Kier alpha value is -1.31. The Kier molecular flexibility index (Phi) is 7.52. The van der Waals surface area contributed by atoms with Crippen LogP contribution in [0, 0.1) is 11.8 Å². The largest absolute Gasteiger partial charge is 0.453 e. The van der Waals surface area contributed by atoms with Crippen molar-refractivity contribution >= 4 is 5.97 Å². The maximum atomic E-state index is 10.7. The molecule has 1 unspecified atom stereocenters. The van der Waals surface area contributed by atoms with Crippen LogP contribution in [0.3, 0.4) is 0 Å². The zero-order valence-electron chi connectivity index (χ0n) is 8.16. The molecule has 1 atom stereocenters. The third-order valence-electron chi connectivity index (χ3n) is 1.18. The zero-order valence-corrected chi connectivity index (χ0v) is 8.16. The molecule has 0 rings (SSSR count). The minimum Gasteiger partial charge on any atom is -0.453 e. The van der Waals surface area contributed by atoms with Crippen molar-refractivity contribution < 1.29 is 19.4 Å². The van der Waals surface area contributed by atoms with Crippen LogP contribution in [0.25, 0.3) is 0 Å². The van der Waals surface area contributed by atoms with E-state index < -0.39 is 12.1 Å². The quantitative estimate of drug-likeness (QED) is 0.216. The average Bonchev–Trinajstić information content (AvgIpc) is 2.16. The highest BCUT2D eigenvalue weighted by Crippen LogP contribution is 1.88. The summed E-state index contributed by atoms with van der Waals surface area (Å²) in [7, 11) is 0. The zero-order chi connectivity index (χ0) is 10.8. The molecule has 1 N–H and O–H groups in total. The maximum absolute atomic E-state index is 10.7. The molecule has 78 valence electrons. The van der Waals surface area contributed by atoms with Crippen LogP contribution in [-0.4, -0.2) is 37.0 Å². The van der Waals surface area contributed by atoms with E-state index in [9.17, 15) is 9.90 Å². The molecule has 0 fully saturated rings. The van der Waals surface area contributed by atoms with Crippen LogP contribution in [-0.2, 0) is 14.3 Å². The van der Waals surface area contributed by atoms with E-state index in [2.05, 4.69) is 23.2 Å². The molecule has 4 nitrogen and oxygen atoms in total. The molecule has 0 aromatic heterocycles. The predicted octanol–water partition coefficient (Wildman–Crippen LogP) is 0.116. The highest BCUT2D eigenvalue weighted by molar-refractivity contribution is 5.88. The van der Waals surface area contributed by atoms with Gasteiger partial charge in [-0.25, -0.2) is 4.79 Å². The number of aliphatic hydroxyl groups excluding tert-OH is 1. The first-order valence-corrected chi connectivity index (χ1v) is 4.17. The highest BCUT2D eigenvalue weighted by Gasteiger charge is 2.06. The fraction of sp³-hybridized carbons (Fsp3) is 0.500. The van der Waals surface area contributed by atoms with Gasteiger partial charge in [-0.1, -0.05) is 12.0 Å². The molecule has 4 heteroatoms. The number of rotatable bonds is 6. The molecule has 0 spiro atoms. The van der Waals surface area contributed by atoms with Gasteiger partial charge in [0.1, 0.15) is 12.7 Å². The Balaban J connectivity index is 3.51. The average molecular weight is 198 g/mol. The highest BCUT2D eigenvalue weighted by atomic mass is 16.5. The van der Waals surface area contributed by atoms with Gasteiger partial charge in [-0.3, -0.25) is 0 Å². The van der Waals surface area contributed by atoms with Crippen LogP contribution in [0.5, 0.6) is 0 Å². The monoisotopic (exact) mass is 198 g/mol. The summed E-state index contributed by atoms with van der Waals surface area (Å²) in [5.41, 5.74) is 0. The van der Waals surface area contributed by atoms with Crippen molar-refractivity contribution in [3.05, 3.63) is 12.7 Å². The number of esters is 1. The van der Waals surface area contributed by atoms with Crippen LogP contribution in [0.4, 0.5) is 0 Å². The summed E-state index contributed by atoms with van der Waals surface area (Å²) in [5.74, 6) is 3.94. The van der Waals surface area contributed by atoms with Gasteiger partial charge >= 0.3 is 5.97 Å². The number of aliphatic hydroxyl groups is 1. The summed E-state index contributed by atoms with van der Waals surface area (Å²) < 4.78 is 9.55. The predicted molar refractivity (Wildman–Crippen MR) is 51.4 cm³/mol. The Morgan fingerprint density at radius 1 is 1.64 bits per heavy atom. The summed E-state index contributed by atoms with van der Waals surface area (Å²) >= 11 is 0. The first kappa shape index (κ1) is 12.7. The van der Waals surface area contributed by atoms with E-state index >= 15 is 0 Å². The van der Waals surface area contributed by atoms with E-state index in [0.717, 1.165) is 0 Å². The fourth-order valence-electron chi connectivity index (χ4n) is 0.646. The van der Waals surface area contributed by atoms with Crippen molar-refractivity contribution in [3.8, 4) is 11.8 Å². The molecule has 0 amide bonds. The van der Waals surface area contributed by atoms with Crippen molar-refractivity contribution in [2.45, 2.75) is 13.0 Å². The molecule has 0 saturated carbocycles. The smallest absolute Gasteiger partial charge is 0.384 e. The van der Waals surface area contributed by atoms with Crippen LogP contribution in [0.2, 0.25) is 0 Å². The lowest BCUT2D eigenvalue weighted by molar-refractivity contribution is -0.140. The third-order valence-corrected chi connectivity index (χ3v) is 1.18. The van der Waals surface area contributed by atoms with Gasteiger partial charge in [0.15, 0.2) is 0 Å². The molecule has 0 bridgehead atoms. The topological polar surface area (TPSA) is 55.8 Å². The van der Waals surface area contributed by atoms with Crippen molar-refractivity contribution in [2.75, 3.05) is 19.8 Å². The first-order valence-electron chi connectivity index (χ1n) is 4.17. The van der Waals surface area contributed by atoms with Crippen molar-refractivity contribution in [2.24, 2.45) is 0 Å². The molecule has 0 aliphatic heterocycles. The van der Waals surface area contributed by atoms with Gasteiger partial charge in [-0.2, -0.15) is 0 Å². The van der Waals surface area contributed by atoms with Gasteiger partial charge in [0.25, 0.3) is 0 Å². The second-order valence-corrected chi connectivity index (χ2v) is 2.45. The summed E-state index contributed by atoms with van der Waals surface area (Å²) in [4.78, 5) is 10.7. The van der Waals surface area contributed by atoms with Gasteiger partial charge in [-0.05, 0) is 6.92 Å². The molecule has 0 saturated heterocycles. The SMILES string of the molecule is C=CCOCC(O)COC(=O)C#CC. The van der Waals surface area contributed by atoms with Gasteiger partial charge in [0.2, 0.25) is 0 Å². The lowest BCUT2D eigenvalue weighted by Crippen LogP contribution is -2.23. The Labute approximate surface area is 83.5 Å². The lowest BCUT2D eigenvalue weighted by Gasteiger charge is -2.09. The van der Waals surface area contributed by atoms with E-state index in [-0.39, 0.29) is 13.2 Å². The normalized spacial score (nSPS) is 11.0. The summed E-state index contributed by atoms with van der Waals surface area (Å²) in [5, 5.41) is 9.21. The molecule has 0 heterocycles. The Morgan fingerprint density at radius 2 is 2.36 bits per heavy atom. The van der Waals surface area contributed by atoms with Crippen LogP contribution in [0.1, 0.15) is 6.92 Å². The van der Waals surface area contributed by atoms with E-state index in [0.29, 0.717) is 6.61 Å². The van der Waals surface area contributed by atoms with Crippen molar-refractivity contribution in [1.82, 2.24) is 0 Å². The third kappa shape index (κ3) is 7.35. The molecular formula is C10H14O4. The standard InChI is InChI=1S/C10H14O4/c1-3-5-10(12)14-8-9(11)7-13-6-4-2/h4,9,11H,2,6-8H2,1H3. The number of carbonyl (C=O) groups excluding carboxylic acids is 1. The van der Waals surface area contributed by atoms with E-state index in [1.54, 1.807) is 6.08 Å². The van der Waals surface area contributed by atoms with Crippen molar-refractivity contribution in [3.63, 3.8) is 0 Å². The molecule has 0 aromatic rings. The molecule has 0 aliphatic rings. The number of ether oxygens (including phenoxy) is 2. The fourth-order valence-corrected chi connectivity index (χ4v) is 0.646.